The highest BCUT2D eigenvalue weighted by Crippen LogP contribution is 2.34. The standard InChI is InChI=1S/C11H22N2/c1-8(2)13-10-4-3-5-11(13)7-9(12)6-10/h8-11H,3-7,12H2,1-2H3/t9?,10-,11+. The third-order valence-corrected chi connectivity index (χ3v) is 3.66. The fourth-order valence-corrected chi connectivity index (χ4v) is 3.30. The van der Waals surface area contributed by atoms with Crippen LogP contribution in [0.2, 0.25) is 0 Å². The molecule has 2 rings (SSSR count). The Hall–Kier alpha value is -0.0800. The van der Waals surface area contributed by atoms with Crippen molar-refractivity contribution >= 4 is 0 Å². The van der Waals surface area contributed by atoms with Crippen LogP contribution < -0.4 is 5.73 Å². The molecule has 2 aliphatic heterocycles. The van der Waals surface area contributed by atoms with E-state index in [2.05, 4.69) is 18.7 Å². The number of nitrogens with zero attached hydrogens (tertiary/aromatic N) is 1. The highest BCUT2D eigenvalue weighted by Gasteiger charge is 2.37. The van der Waals surface area contributed by atoms with Crippen molar-refractivity contribution in [2.75, 3.05) is 0 Å². The zero-order valence-corrected chi connectivity index (χ0v) is 8.87. The summed E-state index contributed by atoms with van der Waals surface area (Å²) in [6, 6.07) is 2.78. The second kappa shape index (κ2) is 3.58. The zero-order valence-electron chi connectivity index (χ0n) is 8.87. The number of hydrogen-bond acceptors (Lipinski definition) is 2. The van der Waals surface area contributed by atoms with E-state index in [0.717, 1.165) is 12.1 Å². The Labute approximate surface area is 81.5 Å². The summed E-state index contributed by atoms with van der Waals surface area (Å²) in [6.45, 7) is 4.64. The molecule has 2 fully saturated rings. The molecule has 0 amide bonds. The molecule has 2 heterocycles. The van der Waals surface area contributed by atoms with Gasteiger partial charge in [-0.3, -0.25) is 4.90 Å². The van der Waals surface area contributed by atoms with Crippen molar-refractivity contribution in [3.8, 4) is 0 Å². The molecular formula is C11H22N2. The monoisotopic (exact) mass is 182 g/mol. The van der Waals surface area contributed by atoms with Gasteiger partial charge in [0.25, 0.3) is 0 Å². The summed E-state index contributed by atoms with van der Waals surface area (Å²) in [5, 5.41) is 0. The molecule has 1 unspecified atom stereocenters. The maximum Gasteiger partial charge on any atom is 0.0116 e. The average Bonchev–Trinajstić information content (AvgIpc) is 2.01. The van der Waals surface area contributed by atoms with Crippen molar-refractivity contribution in [2.24, 2.45) is 5.73 Å². The smallest absolute Gasteiger partial charge is 0.0116 e. The molecule has 0 spiro atoms. The first kappa shape index (κ1) is 9.47. The molecular weight excluding hydrogens is 160 g/mol. The Balaban J connectivity index is 2.10. The lowest BCUT2D eigenvalue weighted by Gasteiger charge is -2.50. The van der Waals surface area contributed by atoms with Crippen LogP contribution in [0.4, 0.5) is 0 Å². The van der Waals surface area contributed by atoms with Crippen LogP contribution in [0.5, 0.6) is 0 Å². The van der Waals surface area contributed by atoms with Crippen LogP contribution in [0.15, 0.2) is 0 Å². The number of nitrogens with two attached hydrogens (primary N) is 1. The Morgan fingerprint density at radius 2 is 1.69 bits per heavy atom. The van der Waals surface area contributed by atoms with Gasteiger partial charge in [-0.15, -0.1) is 0 Å². The van der Waals surface area contributed by atoms with Crippen LogP contribution >= 0.6 is 0 Å². The molecule has 0 aromatic heterocycles. The summed E-state index contributed by atoms with van der Waals surface area (Å²) >= 11 is 0. The van der Waals surface area contributed by atoms with Crippen molar-refractivity contribution in [3.05, 3.63) is 0 Å². The molecule has 13 heavy (non-hydrogen) atoms. The molecule has 2 N–H and O–H groups in total. The topological polar surface area (TPSA) is 29.3 Å². The zero-order chi connectivity index (χ0) is 9.42. The average molecular weight is 182 g/mol. The van der Waals surface area contributed by atoms with Crippen molar-refractivity contribution in [1.82, 2.24) is 4.90 Å². The number of piperidine rings is 2. The van der Waals surface area contributed by atoms with E-state index < -0.39 is 0 Å². The van der Waals surface area contributed by atoms with Gasteiger partial charge in [0.15, 0.2) is 0 Å². The van der Waals surface area contributed by atoms with Gasteiger partial charge in [-0.05, 0) is 39.5 Å². The molecule has 3 atom stereocenters. The van der Waals surface area contributed by atoms with Crippen LogP contribution in [-0.2, 0) is 0 Å². The van der Waals surface area contributed by atoms with E-state index >= 15 is 0 Å². The van der Waals surface area contributed by atoms with Gasteiger partial charge >= 0.3 is 0 Å². The van der Waals surface area contributed by atoms with E-state index in [1.54, 1.807) is 0 Å². The molecule has 2 bridgehead atoms. The maximum atomic E-state index is 6.06. The van der Waals surface area contributed by atoms with Gasteiger partial charge in [0.05, 0.1) is 0 Å². The third-order valence-electron chi connectivity index (χ3n) is 3.66. The van der Waals surface area contributed by atoms with E-state index in [9.17, 15) is 0 Å². The quantitative estimate of drug-likeness (QED) is 0.669. The second-order valence-corrected chi connectivity index (χ2v) is 5.01. The van der Waals surface area contributed by atoms with Crippen molar-refractivity contribution in [1.29, 1.82) is 0 Å². The molecule has 2 saturated heterocycles. The fraction of sp³-hybridized carbons (Fsp3) is 1.00. The number of rotatable bonds is 1. The van der Waals surface area contributed by atoms with Crippen LogP contribution in [0.1, 0.15) is 46.0 Å². The van der Waals surface area contributed by atoms with Gasteiger partial charge in [0, 0.05) is 24.2 Å². The summed E-state index contributed by atoms with van der Waals surface area (Å²) in [5.74, 6) is 0. The second-order valence-electron chi connectivity index (χ2n) is 5.01. The SMILES string of the molecule is CC(C)N1[C@@H]2CCC[C@H]1CC(N)C2. The van der Waals surface area contributed by atoms with Crippen LogP contribution in [-0.4, -0.2) is 29.1 Å². The first-order valence-electron chi connectivity index (χ1n) is 5.71. The summed E-state index contributed by atoms with van der Waals surface area (Å²) in [7, 11) is 0. The minimum atomic E-state index is 0.477. The Morgan fingerprint density at radius 3 is 2.15 bits per heavy atom. The third kappa shape index (κ3) is 1.75. The lowest BCUT2D eigenvalue weighted by Crippen LogP contribution is -2.57. The molecule has 2 heteroatoms. The molecule has 0 radical (unpaired) electrons. The Morgan fingerprint density at radius 1 is 1.15 bits per heavy atom. The summed E-state index contributed by atoms with van der Waals surface area (Å²) < 4.78 is 0. The van der Waals surface area contributed by atoms with E-state index in [0.29, 0.717) is 12.1 Å². The van der Waals surface area contributed by atoms with Gasteiger partial charge in [0.2, 0.25) is 0 Å². The predicted molar refractivity (Wildman–Crippen MR) is 55.6 cm³/mol. The first-order valence-corrected chi connectivity index (χ1v) is 5.71. The number of fused-ring (bicyclic) bond motifs is 2. The summed E-state index contributed by atoms with van der Waals surface area (Å²) in [4.78, 5) is 2.72. The van der Waals surface area contributed by atoms with E-state index in [4.69, 9.17) is 5.73 Å². The maximum absolute atomic E-state index is 6.06. The fourth-order valence-electron chi connectivity index (χ4n) is 3.30. The normalized spacial score (nSPS) is 41.1. The molecule has 76 valence electrons. The first-order chi connectivity index (χ1) is 6.18. The van der Waals surface area contributed by atoms with Gasteiger partial charge in [-0.2, -0.15) is 0 Å². The molecule has 2 nitrogen and oxygen atoms in total. The lowest BCUT2D eigenvalue weighted by molar-refractivity contribution is 0.00622. The van der Waals surface area contributed by atoms with Crippen molar-refractivity contribution < 1.29 is 0 Å². The van der Waals surface area contributed by atoms with E-state index in [1.807, 2.05) is 0 Å². The Bertz CT molecular complexity index is 165. The van der Waals surface area contributed by atoms with Gasteiger partial charge < -0.3 is 5.73 Å². The lowest BCUT2D eigenvalue weighted by atomic mass is 9.81. The van der Waals surface area contributed by atoms with Crippen molar-refractivity contribution in [2.45, 2.75) is 70.1 Å². The summed E-state index contributed by atoms with van der Waals surface area (Å²) in [5.41, 5.74) is 6.06. The molecule has 0 aromatic rings. The highest BCUT2D eigenvalue weighted by molar-refractivity contribution is 4.95. The predicted octanol–water partition coefficient (Wildman–Crippen LogP) is 1.74. The Kier molecular flexibility index (Phi) is 2.61. The van der Waals surface area contributed by atoms with Crippen LogP contribution in [0, 0.1) is 0 Å². The molecule has 2 aliphatic rings. The van der Waals surface area contributed by atoms with Gasteiger partial charge in [-0.25, -0.2) is 0 Å². The number of hydrogen-bond donors (Lipinski definition) is 1. The van der Waals surface area contributed by atoms with Gasteiger partial charge in [0.1, 0.15) is 0 Å². The van der Waals surface area contributed by atoms with Crippen LogP contribution in [0.3, 0.4) is 0 Å². The minimum absolute atomic E-state index is 0.477. The minimum Gasteiger partial charge on any atom is -0.328 e. The molecule has 0 aromatic carbocycles. The van der Waals surface area contributed by atoms with Crippen molar-refractivity contribution in [3.63, 3.8) is 0 Å². The molecule has 0 aliphatic carbocycles. The van der Waals surface area contributed by atoms with E-state index in [-0.39, 0.29) is 0 Å². The van der Waals surface area contributed by atoms with Gasteiger partial charge in [-0.1, -0.05) is 6.42 Å². The highest BCUT2D eigenvalue weighted by atomic mass is 15.2. The van der Waals surface area contributed by atoms with E-state index in [1.165, 1.54) is 32.1 Å². The van der Waals surface area contributed by atoms with Crippen LogP contribution in [0.25, 0.3) is 0 Å². The molecule has 0 saturated carbocycles. The largest absolute Gasteiger partial charge is 0.328 e. The summed E-state index contributed by atoms with van der Waals surface area (Å²) in [6.07, 6.45) is 6.64.